The Morgan fingerprint density at radius 2 is 2.21 bits per heavy atom. The Balaban J connectivity index is 2.99. The number of ether oxygens (including phenoxy) is 1. The van der Waals surface area contributed by atoms with E-state index in [1.54, 1.807) is 0 Å². The molecule has 1 aromatic rings. The van der Waals surface area contributed by atoms with Gasteiger partial charge in [-0.1, -0.05) is 0 Å². The number of halogens is 3. The SMILES string of the molecule is Cn1nc(C(F)(F)F)cc1OC(=O)O. The lowest BCUT2D eigenvalue weighted by Crippen LogP contribution is -2.07. The first-order chi connectivity index (χ1) is 6.30. The summed E-state index contributed by atoms with van der Waals surface area (Å²) >= 11 is 0. The fraction of sp³-hybridized carbons (Fsp3) is 0.333. The normalized spacial score (nSPS) is 11.4. The molecule has 8 heteroatoms. The lowest BCUT2D eigenvalue weighted by atomic mass is 10.4. The van der Waals surface area contributed by atoms with Crippen LogP contribution in [-0.2, 0) is 13.2 Å². The van der Waals surface area contributed by atoms with E-state index in [4.69, 9.17) is 5.11 Å². The highest BCUT2D eigenvalue weighted by Gasteiger charge is 2.35. The molecule has 0 radical (unpaired) electrons. The van der Waals surface area contributed by atoms with Crippen molar-refractivity contribution in [1.29, 1.82) is 0 Å². The smallest absolute Gasteiger partial charge is 0.449 e. The second kappa shape index (κ2) is 3.20. The summed E-state index contributed by atoms with van der Waals surface area (Å²) in [5.74, 6) is -0.482. The molecule has 0 bridgehead atoms. The van der Waals surface area contributed by atoms with Crippen LogP contribution in [0.1, 0.15) is 5.69 Å². The van der Waals surface area contributed by atoms with Crippen LogP contribution < -0.4 is 4.74 Å². The molecular formula is C6H5F3N2O3. The van der Waals surface area contributed by atoms with Crippen LogP contribution in [0.5, 0.6) is 5.88 Å². The van der Waals surface area contributed by atoms with Gasteiger partial charge in [0.2, 0.25) is 5.88 Å². The maximum Gasteiger partial charge on any atom is 0.512 e. The van der Waals surface area contributed by atoms with E-state index in [0.29, 0.717) is 10.7 Å². The van der Waals surface area contributed by atoms with Gasteiger partial charge in [-0.25, -0.2) is 9.48 Å². The van der Waals surface area contributed by atoms with Gasteiger partial charge >= 0.3 is 12.3 Å². The number of alkyl halides is 3. The molecule has 0 aromatic carbocycles. The van der Waals surface area contributed by atoms with Crippen LogP contribution in [0, 0.1) is 0 Å². The molecule has 1 rings (SSSR count). The molecule has 0 aliphatic heterocycles. The quantitative estimate of drug-likeness (QED) is 0.713. The maximum absolute atomic E-state index is 12.0. The maximum atomic E-state index is 12.0. The Kier molecular flexibility index (Phi) is 2.37. The van der Waals surface area contributed by atoms with Crippen LogP contribution in [0.15, 0.2) is 6.07 Å². The van der Waals surface area contributed by atoms with E-state index >= 15 is 0 Å². The molecule has 0 saturated carbocycles. The highest BCUT2D eigenvalue weighted by atomic mass is 19.4. The Bertz CT molecular complexity index is 358. The monoisotopic (exact) mass is 210 g/mol. The third-order valence-electron chi connectivity index (χ3n) is 1.32. The summed E-state index contributed by atoms with van der Waals surface area (Å²) in [6, 6.07) is 0.508. The summed E-state index contributed by atoms with van der Waals surface area (Å²) in [7, 11) is 1.15. The van der Waals surface area contributed by atoms with Crippen LogP contribution in [0.2, 0.25) is 0 Å². The number of carboxylic acid groups (broad SMARTS) is 1. The first-order valence-corrected chi connectivity index (χ1v) is 3.32. The largest absolute Gasteiger partial charge is 0.512 e. The Labute approximate surface area is 75.7 Å². The van der Waals surface area contributed by atoms with E-state index in [1.165, 1.54) is 0 Å². The number of rotatable bonds is 1. The lowest BCUT2D eigenvalue weighted by Gasteiger charge is -1.98. The second-order valence-electron chi connectivity index (χ2n) is 2.36. The van der Waals surface area contributed by atoms with Gasteiger partial charge in [-0.3, -0.25) is 0 Å². The van der Waals surface area contributed by atoms with Crippen molar-refractivity contribution in [3.8, 4) is 5.88 Å². The fourth-order valence-electron chi connectivity index (χ4n) is 0.774. The Morgan fingerprint density at radius 3 is 2.57 bits per heavy atom. The highest BCUT2D eigenvalue weighted by Crippen LogP contribution is 2.30. The molecule has 0 amide bonds. The topological polar surface area (TPSA) is 64.4 Å². The minimum atomic E-state index is -4.61. The molecule has 0 saturated heterocycles. The van der Waals surface area contributed by atoms with Gasteiger partial charge in [-0.2, -0.15) is 18.3 Å². The summed E-state index contributed by atoms with van der Waals surface area (Å²) in [4.78, 5) is 10.0. The van der Waals surface area contributed by atoms with Gasteiger partial charge in [-0.05, 0) is 0 Å². The van der Waals surface area contributed by atoms with Gasteiger partial charge in [0.15, 0.2) is 5.69 Å². The molecule has 0 fully saturated rings. The number of aromatic nitrogens is 2. The van der Waals surface area contributed by atoms with Crippen LogP contribution in [0.25, 0.3) is 0 Å². The summed E-state index contributed by atoms with van der Waals surface area (Å²) in [5.41, 5.74) is -1.20. The molecule has 78 valence electrons. The first kappa shape index (κ1) is 10.4. The number of nitrogens with zero attached hydrogens (tertiary/aromatic N) is 2. The average molecular weight is 210 g/mol. The summed E-state index contributed by atoms with van der Waals surface area (Å²) in [5, 5.41) is 11.2. The van der Waals surface area contributed by atoms with Crippen LogP contribution in [0.4, 0.5) is 18.0 Å². The van der Waals surface area contributed by atoms with Gasteiger partial charge in [0.05, 0.1) is 0 Å². The van der Waals surface area contributed by atoms with Crippen molar-refractivity contribution in [2.75, 3.05) is 0 Å². The van der Waals surface area contributed by atoms with E-state index in [2.05, 4.69) is 9.84 Å². The van der Waals surface area contributed by atoms with Crippen molar-refractivity contribution in [3.05, 3.63) is 11.8 Å². The van der Waals surface area contributed by atoms with E-state index in [9.17, 15) is 18.0 Å². The number of aryl methyl sites for hydroxylation is 1. The molecule has 0 atom stereocenters. The van der Waals surface area contributed by atoms with Crippen molar-refractivity contribution in [3.63, 3.8) is 0 Å². The third kappa shape index (κ3) is 2.15. The van der Waals surface area contributed by atoms with E-state index < -0.39 is 23.9 Å². The average Bonchev–Trinajstić information content (AvgIpc) is 2.30. The van der Waals surface area contributed by atoms with Crippen LogP contribution in [-0.4, -0.2) is 21.0 Å². The molecule has 0 spiro atoms. The van der Waals surface area contributed by atoms with E-state index in [0.717, 1.165) is 7.05 Å². The first-order valence-electron chi connectivity index (χ1n) is 3.32. The molecule has 1 N–H and O–H groups in total. The predicted octanol–water partition coefficient (Wildman–Crippen LogP) is 1.50. The zero-order valence-corrected chi connectivity index (χ0v) is 6.87. The molecular weight excluding hydrogens is 205 g/mol. The van der Waals surface area contributed by atoms with Crippen LogP contribution >= 0.6 is 0 Å². The molecule has 0 unspecified atom stereocenters. The minimum absolute atomic E-state index is 0.482. The molecule has 0 aliphatic carbocycles. The number of carbonyl (C=O) groups is 1. The van der Waals surface area contributed by atoms with Gasteiger partial charge < -0.3 is 9.84 Å². The zero-order chi connectivity index (χ0) is 10.9. The summed E-state index contributed by atoms with van der Waals surface area (Å²) in [6.45, 7) is 0. The van der Waals surface area contributed by atoms with Gasteiger partial charge in [0, 0.05) is 13.1 Å². The lowest BCUT2D eigenvalue weighted by molar-refractivity contribution is -0.141. The van der Waals surface area contributed by atoms with Crippen molar-refractivity contribution in [2.24, 2.45) is 7.05 Å². The van der Waals surface area contributed by atoms with E-state index in [-0.39, 0.29) is 0 Å². The molecule has 5 nitrogen and oxygen atoms in total. The van der Waals surface area contributed by atoms with Gasteiger partial charge in [0.1, 0.15) is 0 Å². The highest BCUT2D eigenvalue weighted by molar-refractivity contribution is 5.60. The van der Waals surface area contributed by atoms with Crippen molar-refractivity contribution in [1.82, 2.24) is 9.78 Å². The van der Waals surface area contributed by atoms with Crippen molar-refractivity contribution in [2.45, 2.75) is 6.18 Å². The summed E-state index contributed by atoms with van der Waals surface area (Å²) in [6.07, 6.45) is -6.31. The van der Waals surface area contributed by atoms with Crippen LogP contribution in [0.3, 0.4) is 0 Å². The molecule has 14 heavy (non-hydrogen) atoms. The summed E-state index contributed by atoms with van der Waals surface area (Å²) < 4.78 is 40.8. The second-order valence-corrected chi connectivity index (χ2v) is 2.36. The third-order valence-corrected chi connectivity index (χ3v) is 1.32. The molecule has 0 aliphatic rings. The molecule has 1 heterocycles. The molecule has 1 aromatic heterocycles. The minimum Gasteiger partial charge on any atom is -0.449 e. The van der Waals surface area contributed by atoms with E-state index in [1.807, 2.05) is 0 Å². The Morgan fingerprint density at radius 1 is 1.64 bits per heavy atom. The fourth-order valence-corrected chi connectivity index (χ4v) is 0.774. The zero-order valence-electron chi connectivity index (χ0n) is 6.87. The predicted molar refractivity (Wildman–Crippen MR) is 36.9 cm³/mol. The van der Waals surface area contributed by atoms with Gasteiger partial charge in [-0.15, -0.1) is 0 Å². The Hall–Kier alpha value is -1.73. The van der Waals surface area contributed by atoms with Crippen molar-refractivity contribution >= 4 is 6.16 Å². The van der Waals surface area contributed by atoms with Crippen molar-refractivity contribution < 1.29 is 27.8 Å². The van der Waals surface area contributed by atoms with Gasteiger partial charge in [0.25, 0.3) is 0 Å². The standard InChI is InChI=1S/C6H5F3N2O3/c1-11-4(14-5(12)13)2-3(10-11)6(7,8)9/h2H,1H3,(H,12,13). The number of hydrogen-bond acceptors (Lipinski definition) is 3. The number of hydrogen-bond donors (Lipinski definition) is 1.